The van der Waals surface area contributed by atoms with E-state index in [-0.39, 0.29) is 0 Å². The van der Waals surface area contributed by atoms with Crippen LogP contribution in [0.2, 0.25) is 0 Å². The van der Waals surface area contributed by atoms with Gasteiger partial charge in [0, 0.05) is 25.2 Å². The maximum absolute atomic E-state index is 4.00. The second-order valence-corrected chi connectivity index (χ2v) is 7.30. The van der Waals surface area contributed by atoms with E-state index in [1.807, 2.05) is 0 Å². The summed E-state index contributed by atoms with van der Waals surface area (Å²) in [5, 5.41) is 4.00. The average molecular weight is 300 g/mol. The minimum atomic E-state index is 0.675. The lowest BCUT2D eigenvalue weighted by atomic mass is 9.86. The summed E-state index contributed by atoms with van der Waals surface area (Å²) >= 11 is 0. The highest BCUT2D eigenvalue weighted by atomic mass is 15.2. The van der Waals surface area contributed by atoms with Gasteiger partial charge >= 0.3 is 0 Å². The van der Waals surface area contributed by atoms with Crippen LogP contribution in [0, 0.1) is 0 Å². The van der Waals surface area contributed by atoms with Crippen LogP contribution in [0.5, 0.6) is 0 Å². The third kappa shape index (κ3) is 4.33. The minimum absolute atomic E-state index is 0.675. The van der Waals surface area contributed by atoms with Gasteiger partial charge in [0.1, 0.15) is 0 Å². The van der Waals surface area contributed by atoms with Crippen LogP contribution in [0.1, 0.15) is 63.4 Å². The maximum Gasteiger partial charge on any atom is 0.0203 e. The molecule has 2 fully saturated rings. The molecule has 2 nitrogen and oxygen atoms in total. The topological polar surface area (TPSA) is 15.3 Å². The van der Waals surface area contributed by atoms with E-state index in [4.69, 9.17) is 0 Å². The predicted octanol–water partition coefficient (Wildman–Crippen LogP) is 4.18. The zero-order chi connectivity index (χ0) is 15.2. The first kappa shape index (κ1) is 16.0. The van der Waals surface area contributed by atoms with Crippen molar-refractivity contribution in [2.45, 2.75) is 69.9 Å². The zero-order valence-electron chi connectivity index (χ0n) is 14.1. The maximum atomic E-state index is 4.00. The molecule has 2 unspecified atom stereocenters. The molecule has 1 aliphatic heterocycles. The summed E-state index contributed by atoms with van der Waals surface area (Å²) in [5.41, 5.74) is 1.53. The van der Waals surface area contributed by atoms with Crippen LogP contribution in [0.15, 0.2) is 30.3 Å². The Morgan fingerprint density at radius 1 is 1.00 bits per heavy atom. The molecule has 0 bridgehead atoms. The van der Waals surface area contributed by atoms with E-state index >= 15 is 0 Å². The Kier molecular flexibility index (Phi) is 5.91. The fourth-order valence-electron chi connectivity index (χ4n) is 4.38. The van der Waals surface area contributed by atoms with Gasteiger partial charge in [-0.2, -0.15) is 0 Å². The van der Waals surface area contributed by atoms with E-state index in [1.54, 1.807) is 0 Å². The van der Waals surface area contributed by atoms with Crippen molar-refractivity contribution in [3.05, 3.63) is 35.9 Å². The molecule has 1 aliphatic carbocycles. The fourth-order valence-corrected chi connectivity index (χ4v) is 4.38. The van der Waals surface area contributed by atoms with Crippen molar-refractivity contribution < 1.29 is 0 Å². The van der Waals surface area contributed by atoms with Gasteiger partial charge in [-0.25, -0.2) is 0 Å². The third-order valence-corrected chi connectivity index (χ3v) is 5.41. The second-order valence-electron chi connectivity index (χ2n) is 7.30. The van der Waals surface area contributed by atoms with Gasteiger partial charge in [0.25, 0.3) is 0 Å². The number of benzene rings is 1. The number of nitrogens with zero attached hydrogens (tertiary/aromatic N) is 1. The lowest BCUT2D eigenvalue weighted by Crippen LogP contribution is -2.51. The molecule has 122 valence electrons. The normalized spacial score (nSPS) is 27.9. The van der Waals surface area contributed by atoms with Gasteiger partial charge in [-0.1, -0.05) is 56.5 Å². The average Bonchev–Trinajstić information content (AvgIpc) is 2.57. The van der Waals surface area contributed by atoms with Crippen molar-refractivity contribution in [1.29, 1.82) is 0 Å². The van der Waals surface area contributed by atoms with Crippen molar-refractivity contribution in [3.8, 4) is 0 Å². The van der Waals surface area contributed by atoms with E-state index in [2.05, 4.69) is 47.5 Å². The standard InChI is InChI=1S/C20H32N2/c1-2-13-22-15-18(17-9-5-3-6-10-17)14-20(16-22)21-19-11-7-4-8-12-19/h3,5-6,9-10,18-21H,2,4,7-8,11-16H2,1H3. The third-order valence-electron chi connectivity index (χ3n) is 5.41. The SMILES string of the molecule is CCCN1CC(NC2CCCCC2)CC(c2ccccc2)C1. The summed E-state index contributed by atoms with van der Waals surface area (Å²) in [6.45, 7) is 6.02. The Bertz CT molecular complexity index is 425. The van der Waals surface area contributed by atoms with Crippen LogP contribution >= 0.6 is 0 Å². The van der Waals surface area contributed by atoms with E-state index in [1.165, 1.54) is 70.1 Å². The Balaban J connectivity index is 1.64. The molecule has 1 aromatic carbocycles. The van der Waals surface area contributed by atoms with Crippen LogP contribution in [-0.4, -0.2) is 36.6 Å². The van der Waals surface area contributed by atoms with Crippen LogP contribution in [0.25, 0.3) is 0 Å². The van der Waals surface area contributed by atoms with Gasteiger partial charge in [0.05, 0.1) is 0 Å². The summed E-state index contributed by atoms with van der Waals surface area (Å²) in [7, 11) is 0. The quantitative estimate of drug-likeness (QED) is 0.877. The molecule has 0 radical (unpaired) electrons. The second kappa shape index (κ2) is 8.12. The fraction of sp³-hybridized carbons (Fsp3) is 0.700. The van der Waals surface area contributed by atoms with Crippen molar-refractivity contribution in [1.82, 2.24) is 10.2 Å². The highest BCUT2D eigenvalue weighted by Gasteiger charge is 2.29. The highest BCUT2D eigenvalue weighted by molar-refractivity contribution is 5.21. The summed E-state index contributed by atoms with van der Waals surface area (Å²) in [5.74, 6) is 0.697. The molecule has 0 aromatic heterocycles. The first-order valence-electron chi connectivity index (χ1n) is 9.38. The molecule has 1 N–H and O–H groups in total. The van der Waals surface area contributed by atoms with Gasteiger partial charge in [0.2, 0.25) is 0 Å². The van der Waals surface area contributed by atoms with E-state index < -0.39 is 0 Å². The molecule has 2 aliphatic rings. The monoisotopic (exact) mass is 300 g/mol. The Morgan fingerprint density at radius 3 is 2.50 bits per heavy atom. The highest BCUT2D eigenvalue weighted by Crippen LogP contribution is 2.28. The lowest BCUT2D eigenvalue weighted by Gasteiger charge is -2.40. The predicted molar refractivity (Wildman–Crippen MR) is 94.3 cm³/mol. The van der Waals surface area contributed by atoms with Gasteiger partial charge in [0.15, 0.2) is 0 Å². The number of likely N-dealkylation sites (tertiary alicyclic amines) is 1. The molecule has 0 spiro atoms. The number of rotatable bonds is 5. The summed E-state index contributed by atoms with van der Waals surface area (Å²) < 4.78 is 0. The number of hydrogen-bond donors (Lipinski definition) is 1. The van der Waals surface area contributed by atoms with E-state index in [9.17, 15) is 0 Å². The van der Waals surface area contributed by atoms with Crippen molar-refractivity contribution in [3.63, 3.8) is 0 Å². The van der Waals surface area contributed by atoms with Crippen LogP contribution < -0.4 is 5.32 Å². The Hall–Kier alpha value is -0.860. The van der Waals surface area contributed by atoms with Gasteiger partial charge in [-0.3, -0.25) is 0 Å². The zero-order valence-corrected chi connectivity index (χ0v) is 14.1. The molecule has 1 heterocycles. The van der Waals surface area contributed by atoms with E-state index in [0.29, 0.717) is 12.0 Å². The molecule has 1 saturated carbocycles. The molecule has 1 saturated heterocycles. The van der Waals surface area contributed by atoms with Gasteiger partial charge in [-0.15, -0.1) is 0 Å². The first-order valence-corrected chi connectivity index (χ1v) is 9.38. The largest absolute Gasteiger partial charge is 0.310 e. The molecule has 3 rings (SSSR count). The molecule has 0 amide bonds. The summed E-state index contributed by atoms with van der Waals surface area (Å²) in [6.07, 6.45) is 9.63. The molecule has 2 heteroatoms. The van der Waals surface area contributed by atoms with Crippen LogP contribution in [0.3, 0.4) is 0 Å². The van der Waals surface area contributed by atoms with E-state index in [0.717, 1.165) is 6.04 Å². The number of hydrogen-bond acceptors (Lipinski definition) is 2. The molecule has 2 atom stereocenters. The van der Waals surface area contributed by atoms with Crippen LogP contribution in [-0.2, 0) is 0 Å². The van der Waals surface area contributed by atoms with Gasteiger partial charge < -0.3 is 10.2 Å². The van der Waals surface area contributed by atoms with Crippen LogP contribution in [0.4, 0.5) is 0 Å². The first-order chi connectivity index (χ1) is 10.8. The minimum Gasteiger partial charge on any atom is -0.310 e. The molecule has 1 aromatic rings. The lowest BCUT2D eigenvalue weighted by molar-refractivity contribution is 0.158. The summed E-state index contributed by atoms with van der Waals surface area (Å²) in [6, 6.07) is 12.6. The van der Waals surface area contributed by atoms with Crippen molar-refractivity contribution in [2.24, 2.45) is 0 Å². The Labute approximate surface area is 136 Å². The molecular weight excluding hydrogens is 268 g/mol. The summed E-state index contributed by atoms with van der Waals surface area (Å²) in [4.78, 5) is 2.68. The molecular formula is C20H32N2. The molecule has 22 heavy (non-hydrogen) atoms. The number of nitrogens with one attached hydrogen (secondary N) is 1. The van der Waals surface area contributed by atoms with Crippen molar-refractivity contribution in [2.75, 3.05) is 19.6 Å². The smallest absolute Gasteiger partial charge is 0.0203 e. The van der Waals surface area contributed by atoms with Crippen molar-refractivity contribution >= 4 is 0 Å². The Morgan fingerprint density at radius 2 is 1.77 bits per heavy atom. The number of piperidine rings is 1. The van der Waals surface area contributed by atoms with Gasteiger partial charge in [-0.05, 0) is 43.7 Å².